The Morgan fingerprint density at radius 3 is 2.80 bits per heavy atom. The number of para-hydroxylation sites is 1. The molecule has 2 aromatic rings. The molecule has 0 radical (unpaired) electrons. The molecule has 0 aromatic heterocycles. The van der Waals surface area contributed by atoms with E-state index in [-0.39, 0.29) is 11.5 Å². The van der Waals surface area contributed by atoms with Gasteiger partial charge in [-0.05, 0) is 25.2 Å². The summed E-state index contributed by atoms with van der Waals surface area (Å²) in [6.45, 7) is 0.518. The summed E-state index contributed by atoms with van der Waals surface area (Å²) < 4.78 is 5.61. The maximum Gasteiger partial charge on any atom is 0.169 e. The van der Waals surface area contributed by atoms with Crippen molar-refractivity contribution in [3.63, 3.8) is 0 Å². The molecule has 0 atom stereocenters. The lowest BCUT2D eigenvalue weighted by Crippen LogP contribution is -2.05. The molecule has 0 unspecified atom stereocenters. The fourth-order valence-electron chi connectivity index (χ4n) is 1.77. The van der Waals surface area contributed by atoms with Gasteiger partial charge in [-0.2, -0.15) is 5.26 Å². The molecule has 5 heteroatoms. The number of halogens is 1. The van der Waals surface area contributed by atoms with Crippen LogP contribution < -0.4 is 10.1 Å². The van der Waals surface area contributed by atoms with Crippen LogP contribution in [0.25, 0.3) is 0 Å². The summed E-state index contributed by atoms with van der Waals surface area (Å²) in [6.07, 6.45) is 0. The minimum Gasteiger partial charge on any atom is -0.504 e. The van der Waals surface area contributed by atoms with Gasteiger partial charge in [0, 0.05) is 23.2 Å². The third-order valence-corrected chi connectivity index (χ3v) is 2.97. The number of aromatic hydroxyl groups is 1. The lowest BCUT2D eigenvalue weighted by molar-refractivity contribution is 0.405. The molecule has 102 valence electrons. The molecule has 0 fully saturated rings. The zero-order valence-corrected chi connectivity index (χ0v) is 11.6. The van der Waals surface area contributed by atoms with E-state index in [1.165, 1.54) is 0 Å². The first-order chi connectivity index (χ1) is 9.65. The Hall–Kier alpha value is -2.22. The highest BCUT2D eigenvalue weighted by molar-refractivity contribution is 6.30. The van der Waals surface area contributed by atoms with Crippen molar-refractivity contribution in [2.75, 3.05) is 7.05 Å². The maximum absolute atomic E-state index is 10.1. The van der Waals surface area contributed by atoms with E-state index in [9.17, 15) is 5.11 Å². The highest BCUT2D eigenvalue weighted by Crippen LogP contribution is 2.35. The van der Waals surface area contributed by atoms with Crippen molar-refractivity contribution in [1.82, 2.24) is 5.32 Å². The molecule has 0 aliphatic rings. The molecule has 0 aliphatic heterocycles. The Balaban J connectivity index is 2.38. The molecule has 20 heavy (non-hydrogen) atoms. The molecule has 0 saturated carbocycles. The molecular weight excluding hydrogens is 276 g/mol. The SMILES string of the molecule is CNCc1cccc(Oc2cc(Cl)ccc2C#N)c1O. The summed E-state index contributed by atoms with van der Waals surface area (Å²) in [7, 11) is 1.79. The molecule has 0 saturated heterocycles. The van der Waals surface area contributed by atoms with Gasteiger partial charge in [-0.3, -0.25) is 0 Å². The molecule has 4 nitrogen and oxygen atoms in total. The van der Waals surface area contributed by atoms with E-state index in [0.717, 1.165) is 0 Å². The van der Waals surface area contributed by atoms with Crippen molar-refractivity contribution >= 4 is 11.6 Å². The lowest BCUT2D eigenvalue weighted by atomic mass is 10.1. The zero-order valence-electron chi connectivity index (χ0n) is 10.9. The Morgan fingerprint density at radius 2 is 2.10 bits per heavy atom. The summed E-state index contributed by atoms with van der Waals surface area (Å²) in [4.78, 5) is 0. The smallest absolute Gasteiger partial charge is 0.169 e. The fraction of sp³-hybridized carbons (Fsp3) is 0.133. The molecule has 0 bridgehead atoms. The number of rotatable bonds is 4. The van der Waals surface area contributed by atoms with Crippen LogP contribution in [-0.4, -0.2) is 12.2 Å². The number of hydrogen-bond donors (Lipinski definition) is 2. The average Bonchev–Trinajstić information content (AvgIpc) is 2.44. The van der Waals surface area contributed by atoms with Crippen molar-refractivity contribution in [3.05, 3.63) is 52.5 Å². The largest absolute Gasteiger partial charge is 0.504 e. The number of hydrogen-bond acceptors (Lipinski definition) is 4. The van der Waals surface area contributed by atoms with Crippen LogP contribution in [0.1, 0.15) is 11.1 Å². The van der Waals surface area contributed by atoms with E-state index in [1.807, 2.05) is 6.07 Å². The molecule has 0 spiro atoms. The van der Waals surface area contributed by atoms with Crippen molar-refractivity contribution in [2.45, 2.75) is 6.54 Å². The van der Waals surface area contributed by atoms with E-state index in [2.05, 4.69) is 5.32 Å². The van der Waals surface area contributed by atoms with Crippen molar-refractivity contribution in [2.24, 2.45) is 0 Å². The van der Waals surface area contributed by atoms with E-state index in [4.69, 9.17) is 21.6 Å². The van der Waals surface area contributed by atoms with Gasteiger partial charge >= 0.3 is 0 Å². The average molecular weight is 289 g/mol. The number of ether oxygens (including phenoxy) is 1. The molecule has 0 heterocycles. The Bertz CT molecular complexity index is 665. The minimum absolute atomic E-state index is 0.0470. The van der Waals surface area contributed by atoms with Gasteiger partial charge in [0.25, 0.3) is 0 Å². The maximum atomic E-state index is 10.1. The third kappa shape index (κ3) is 3.02. The monoisotopic (exact) mass is 288 g/mol. The molecule has 2 N–H and O–H groups in total. The van der Waals surface area contributed by atoms with Crippen LogP contribution in [0.4, 0.5) is 0 Å². The van der Waals surface area contributed by atoms with Crippen LogP contribution in [0, 0.1) is 11.3 Å². The number of phenols is 1. The first-order valence-electron chi connectivity index (χ1n) is 5.98. The van der Waals surface area contributed by atoms with Crippen LogP contribution >= 0.6 is 11.6 Å². The first kappa shape index (κ1) is 14.2. The van der Waals surface area contributed by atoms with Crippen LogP contribution in [-0.2, 0) is 6.54 Å². The van der Waals surface area contributed by atoms with Crippen molar-refractivity contribution in [1.29, 1.82) is 5.26 Å². The Morgan fingerprint density at radius 1 is 1.30 bits per heavy atom. The summed E-state index contributed by atoms with van der Waals surface area (Å²) in [5.41, 5.74) is 1.07. The molecule has 2 rings (SSSR count). The van der Waals surface area contributed by atoms with E-state index in [0.29, 0.717) is 28.4 Å². The van der Waals surface area contributed by atoms with E-state index >= 15 is 0 Å². The summed E-state index contributed by atoms with van der Waals surface area (Å²) in [5.74, 6) is 0.652. The van der Waals surface area contributed by atoms with Crippen molar-refractivity contribution < 1.29 is 9.84 Å². The molecule has 0 amide bonds. The third-order valence-electron chi connectivity index (χ3n) is 2.73. The second-order valence-corrected chi connectivity index (χ2v) is 4.58. The Labute approximate surface area is 122 Å². The van der Waals surface area contributed by atoms with Crippen LogP contribution in [0.5, 0.6) is 17.2 Å². The normalized spacial score (nSPS) is 10.1. The van der Waals surface area contributed by atoms with Gasteiger partial charge in [0.05, 0.1) is 5.56 Å². The standard InChI is InChI=1S/C15H13ClN2O2/c1-18-9-11-3-2-4-13(15(11)19)20-14-7-12(16)6-5-10(14)8-17/h2-7,18-19H,9H2,1H3. The van der Waals surface area contributed by atoms with Gasteiger partial charge in [0.2, 0.25) is 0 Å². The van der Waals surface area contributed by atoms with Gasteiger partial charge in [-0.25, -0.2) is 0 Å². The number of benzene rings is 2. The minimum atomic E-state index is 0.0470. The number of nitriles is 1. The molecule has 2 aromatic carbocycles. The number of nitrogens with zero attached hydrogens (tertiary/aromatic N) is 1. The van der Waals surface area contributed by atoms with Crippen molar-refractivity contribution in [3.8, 4) is 23.3 Å². The summed E-state index contributed by atoms with van der Waals surface area (Å²) >= 11 is 5.90. The van der Waals surface area contributed by atoms with Gasteiger partial charge in [0.15, 0.2) is 11.5 Å². The van der Waals surface area contributed by atoms with Crippen LogP contribution in [0.3, 0.4) is 0 Å². The zero-order chi connectivity index (χ0) is 14.5. The highest BCUT2D eigenvalue weighted by Gasteiger charge is 2.11. The van der Waals surface area contributed by atoms with Crippen LogP contribution in [0.2, 0.25) is 5.02 Å². The van der Waals surface area contributed by atoms with E-state index < -0.39 is 0 Å². The first-order valence-corrected chi connectivity index (χ1v) is 6.36. The number of nitrogens with one attached hydrogen (secondary N) is 1. The van der Waals surface area contributed by atoms with Gasteiger partial charge in [0.1, 0.15) is 11.8 Å². The highest BCUT2D eigenvalue weighted by atomic mass is 35.5. The van der Waals surface area contributed by atoms with Gasteiger partial charge in [-0.1, -0.05) is 23.7 Å². The fourth-order valence-corrected chi connectivity index (χ4v) is 1.94. The number of phenolic OH excluding ortho intramolecular Hbond substituents is 1. The lowest BCUT2D eigenvalue weighted by Gasteiger charge is -2.12. The van der Waals surface area contributed by atoms with Crippen LogP contribution in [0.15, 0.2) is 36.4 Å². The second kappa shape index (κ2) is 6.29. The van der Waals surface area contributed by atoms with Gasteiger partial charge in [-0.15, -0.1) is 0 Å². The second-order valence-electron chi connectivity index (χ2n) is 4.15. The topological polar surface area (TPSA) is 65.3 Å². The molecular formula is C15H13ClN2O2. The Kier molecular flexibility index (Phi) is 4.46. The molecule has 0 aliphatic carbocycles. The summed E-state index contributed by atoms with van der Waals surface area (Å²) in [6, 6.07) is 12.0. The van der Waals surface area contributed by atoms with E-state index in [1.54, 1.807) is 43.4 Å². The quantitative estimate of drug-likeness (QED) is 0.904. The summed E-state index contributed by atoms with van der Waals surface area (Å²) in [5, 5.41) is 22.6. The predicted molar refractivity (Wildman–Crippen MR) is 77.1 cm³/mol. The predicted octanol–water partition coefficient (Wildman–Crippen LogP) is 3.43. The van der Waals surface area contributed by atoms with Gasteiger partial charge < -0.3 is 15.2 Å².